The van der Waals surface area contributed by atoms with Crippen molar-refractivity contribution in [1.82, 2.24) is 9.88 Å². The van der Waals surface area contributed by atoms with Crippen molar-refractivity contribution >= 4 is 16.9 Å². The molecule has 0 atom stereocenters. The van der Waals surface area contributed by atoms with E-state index in [1.807, 2.05) is 66.7 Å². The van der Waals surface area contributed by atoms with Gasteiger partial charge in [-0.25, -0.2) is 0 Å². The third-order valence-electron chi connectivity index (χ3n) is 4.52. The van der Waals surface area contributed by atoms with E-state index < -0.39 is 0 Å². The lowest BCUT2D eigenvalue weighted by Gasteiger charge is -2.21. The molecule has 0 radical (unpaired) electrons. The van der Waals surface area contributed by atoms with Crippen molar-refractivity contribution in [3.05, 3.63) is 102 Å². The third kappa shape index (κ3) is 4.06. The number of pyridine rings is 1. The third-order valence-corrected chi connectivity index (χ3v) is 4.52. The fourth-order valence-electron chi connectivity index (χ4n) is 3.09. The Balaban J connectivity index is 1.58. The normalized spacial score (nSPS) is 10.8. The highest BCUT2D eigenvalue weighted by Gasteiger charge is 2.20. The Morgan fingerprint density at radius 2 is 1.70 bits per heavy atom. The van der Waals surface area contributed by atoms with E-state index in [1.165, 1.54) is 5.56 Å². The van der Waals surface area contributed by atoms with Crippen LogP contribution in [-0.2, 0) is 13.0 Å². The van der Waals surface area contributed by atoms with Gasteiger partial charge in [-0.05, 0) is 36.2 Å². The molecule has 0 aliphatic rings. The Morgan fingerprint density at radius 3 is 2.48 bits per heavy atom. The first kappa shape index (κ1) is 17.0. The van der Waals surface area contributed by atoms with Gasteiger partial charge in [0.2, 0.25) is 0 Å². The monoisotopic (exact) mass is 356 g/mol. The van der Waals surface area contributed by atoms with Crippen molar-refractivity contribution in [3.63, 3.8) is 0 Å². The van der Waals surface area contributed by atoms with Crippen molar-refractivity contribution in [1.29, 1.82) is 0 Å². The predicted octanol–water partition coefficient (Wildman–Crippen LogP) is 4.71. The molecule has 4 heteroatoms. The molecule has 2 aromatic carbocycles. The van der Waals surface area contributed by atoms with Gasteiger partial charge in [-0.2, -0.15) is 0 Å². The van der Waals surface area contributed by atoms with Crippen LogP contribution in [0.3, 0.4) is 0 Å². The van der Waals surface area contributed by atoms with Gasteiger partial charge >= 0.3 is 0 Å². The number of furan rings is 1. The van der Waals surface area contributed by atoms with Gasteiger partial charge in [-0.1, -0.05) is 54.6 Å². The van der Waals surface area contributed by atoms with E-state index in [-0.39, 0.29) is 5.91 Å². The fraction of sp³-hybridized carbons (Fsp3) is 0.130. The molecule has 4 nitrogen and oxygen atoms in total. The number of aromatic nitrogens is 1. The lowest BCUT2D eigenvalue weighted by atomic mass is 10.1. The summed E-state index contributed by atoms with van der Waals surface area (Å²) in [6, 6.07) is 25.4. The van der Waals surface area contributed by atoms with Crippen molar-refractivity contribution in [3.8, 4) is 0 Å². The zero-order chi connectivity index (χ0) is 18.5. The molecule has 1 amide bonds. The number of hydrogen-bond donors (Lipinski definition) is 0. The highest BCUT2D eigenvalue weighted by Crippen LogP contribution is 2.21. The quantitative estimate of drug-likeness (QED) is 0.502. The summed E-state index contributed by atoms with van der Waals surface area (Å²) in [5.41, 5.74) is 2.78. The molecule has 2 heterocycles. The minimum absolute atomic E-state index is 0.118. The van der Waals surface area contributed by atoms with Gasteiger partial charge in [0.1, 0.15) is 5.58 Å². The van der Waals surface area contributed by atoms with Gasteiger partial charge in [0.05, 0.1) is 12.2 Å². The lowest BCUT2D eigenvalue weighted by Crippen LogP contribution is -2.32. The van der Waals surface area contributed by atoms with Crippen molar-refractivity contribution in [2.75, 3.05) is 6.54 Å². The molecule has 0 unspecified atom stereocenters. The summed E-state index contributed by atoms with van der Waals surface area (Å²) < 4.78 is 5.79. The smallest absolute Gasteiger partial charge is 0.289 e. The highest BCUT2D eigenvalue weighted by molar-refractivity contribution is 5.96. The van der Waals surface area contributed by atoms with Crippen LogP contribution in [0.15, 0.2) is 89.5 Å². The van der Waals surface area contributed by atoms with E-state index >= 15 is 0 Å². The molecular formula is C23H20N2O2. The summed E-state index contributed by atoms with van der Waals surface area (Å²) in [5, 5.41) is 0.932. The number of hydrogen-bond acceptors (Lipinski definition) is 3. The second-order valence-corrected chi connectivity index (χ2v) is 6.43. The Labute approximate surface area is 158 Å². The zero-order valence-electron chi connectivity index (χ0n) is 14.9. The number of benzene rings is 2. The second-order valence-electron chi connectivity index (χ2n) is 6.43. The van der Waals surface area contributed by atoms with Gasteiger partial charge < -0.3 is 9.32 Å². The van der Waals surface area contributed by atoms with Gasteiger partial charge in [0, 0.05) is 18.1 Å². The predicted molar refractivity (Wildman–Crippen MR) is 105 cm³/mol. The molecule has 0 N–H and O–H groups in total. The largest absolute Gasteiger partial charge is 0.451 e. The van der Waals surface area contributed by atoms with Gasteiger partial charge in [0.25, 0.3) is 5.91 Å². The van der Waals surface area contributed by atoms with Crippen LogP contribution >= 0.6 is 0 Å². The molecule has 0 fully saturated rings. The van der Waals surface area contributed by atoms with Crippen LogP contribution in [0.2, 0.25) is 0 Å². The molecule has 4 rings (SSSR count). The molecule has 27 heavy (non-hydrogen) atoms. The summed E-state index contributed by atoms with van der Waals surface area (Å²) in [7, 11) is 0. The SMILES string of the molecule is O=C(c1cc2ccccc2o1)N(CCc1ccccc1)Cc1ccccn1. The van der Waals surface area contributed by atoms with Crippen molar-refractivity contribution < 1.29 is 9.21 Å². The lowest BCUT2D eigenvalue weighted by molar-refractivity contribution is 0.0713. The van der Waals surface area contributed by atoms with Crippen LogP contribution in [0, 0.1) is 0 Å². The Hall–Kier alpha value is -3.40. The minimum atomic E-state index is -0.118. The molecular weight excluding hydrogens is 336 g/mol. The van der Waals surface area contributed by atoms with E-state index in [1.54, 1.807) is 11.1 Å². The number of carbonyl (C=O) groups excluding carboxylic acids is 1. The summed E-state index contributed by atoms with van der Waals surface area (Å²) in [6.45, 7) is 1.04. The number of fused-ring (bicyclic) bond motifs is 1. The van der Waals surface area contributed by atoms with E-state index in [4.69, 9.17) is 4.42 Å². The molecule has 0 saturated heterocycles. The van der Waals surface area contributed by atoms with E-state index in [0.29, 0.717) is 18.8 Å². The van der Waals surface area contributed by atoms with Crippen molar-refractivity contribution in [2.45, 2.75) is 13.0 Å². The number of para-hydroxylation sites is 1. The fourth-order valence-corrected chi connectivity index (χ4v) is 3.09. The summed E-state index contributed by atoms with van der Waals surface area (Å²) in [5.74, 6) is 0.243. The van der Waals surface area contributed by atoms with Crippen LogP contribution < -0.4 is 0 Å². The number of amides is 1. The average molecular weight is 356 g/mol. The standard InChI is InChI=1S/C23H20N2O2/c26-23(22-16-19-10-4-5-12-21(19)27-22)25(17-20-11-6-7-14-24-20)15-13-18-8-2-1-3-9-18/h1-12,14,16H,13,15,17H2. The van der Waals surface area contributed by atoms with E-state index in [2.05, 4.69) is 17.1 Å². The Bertz CT molecular complexity index is 993. The van der Waals surface area contributed by atoms with Crippen LogP contribution in [0.1, 0.15) is 21.8 Å². The van der Waals surface area contributed by atoms with Crippen molar-refractivity contribution in [2.24, 2.45) is 0 Å². The maximum absolute atomic E-state index is 13.1. The van der Waals surface area contributed by atoms with E-state index in [0.717, 1.165) is 23.1 Å². The molecule has 2 aromatic heterocycles. The first-order valence-electron chi connectivity index (χ1n) is 9.01. The second kappa shape index (κ2) is 7.87. The maximum atomic E-state index is 13.1. The van der Waals surface area contributed by atoms with E-state index in [9.17, 15) is 4.79 Å². The van der Waals surface area contributed by atoms with Gasteiger partial charge in [0.15, 0.2) is 5.76 Å². The topological polar surface area (TPSA) is 46.3 Å². The molecule has 0 aliphatic heterocycles. The highest BCUT2D eigenvalue weighted by atomic mass is 16.3. The number of rotatable bonds is 6. The number of nitrogens with zero attached hydrogens (tertiary/aromatic N) is 2. The first-order chi connectivity index (χ1) is 13.3. The van der Waals surface area contributed by atoms with Crippen LogP contribution in [0.25, 0.3) is 11.0 Å². The average Bonchev–Trinajstić information content (AvgIpc) is 3.16. The van der Waals surface area contributed by atoms with Gasteiger partial charge in [-0.3, -0.25) is 9.78 Å². The molecule has 0 aliphatic carbocycles. The molecule has 0 saturated carbocycles. The molecule has 0 bridgehead atoms. The van der Waals surface area contributed by atoms with Crippen LogP contribution in [-0.4, -0.2) is 22.3 Å². The molecule has 0 spiro atoms. The minimum Gasteiger partial charge on any atom is -0.451 e. The molecule has 134 valence electrons. The maximum Gasteiger partial charge on any atom is 0.289 e. The number of carbonyl (C=O) groups is 1. The summed E-state index contributed by atoms with van der Waals surface area (Å²) in [4.78, 5) is 19.3. The first-order valence-corrected chi connectivity index (χ1v) is 9.01. The van der Waals surface area contributed by atoms with Gasteiger partial charge in [-0.15, -0.1) is 0 Å². The van der Waals surface area contributed by atoms with Crippen LogP contribution in [0.4, 0.5) is 0 Å². The Kier molecular flexibility index (Phi) is 4.97. The summed E-state index contributed by atoms with van der Waals surface area (Å²) >= 11 is 0. The zero-order valence-corrected chi connectivity index (χ0v) is 14.9. The molecule has 4 aromatic rings. The summed E-state index contributed by atoms with van der Waals surface area (Å²) in [6.07, 6.45) is 2.52. The Morgan fingerprint density at radius 1 is 0.926 bits per heavy atom. The van der Waals surface area contributed by atoms with Crippen LogP contribution in [0.5, 0.6) is 0 Å².